The summed E-state index contributed by atoms with van der Waals surface area (Å²) in [6.07, 6.45) is -1.03. The minimum atomic E-state index is -1.15. The Morgan fingerprint density at radius 1 is 1.32 bits per heavy atom. The normalized spacial score (nSPS) is 13.0. The van der Waals surface area contributed by atoms with Crippen LogP contribution in [0.3, 0.4) is 0 Å². The fourth-order valence-electron chi connectivity index (χ4n) is 1.92. The predicted molar refractivity (Wildman–Crippen MR) is 88.2 cm³/mol. The van der Waals surface area contributed by atoms with Crippen molar-refractivity contribution in [3.8, 4) is 5.75 Å². The molecule has 1 aromatic rings. The lowest BCUT2D eigenvalue weighted by Gasteiger charge is -2.18. The van der Waals surface area contributed by atoms with Crippen molar-refractivity contribution in [2.24, 2.45) is 0 Å². The van der Waals surface area contributed by atoms with Gasteiger partial charge in [0.15, 0.2) is 6.10 Å². The van der Waals surface area contributed by atoms with Crippen molar-refractivity contribution >= 4 is 14.0 Å². The zero-order chi connectivity index (χ0) is 16.8. The monoisotopic (exact) mass is 326 g/mol. The fraction of sp³-hybridized carbons (Fsp3) is 0.562. The molecule has 0 saturated heterocycles. The van der Waals surface area contributed by atoms with E-state index in [1.165, 1.54) is 0 Å². The molecule has 0 bridgehead atoms. The van der Waals surface area contributed by atoms with Crippen LogP contribution in [0.1, 0.15) is 17.2 Å². The zero-order valence-corrected chi connectivity index (χ0v) is 15.0. The molecule has 1 rings (SSSR count). The third kappa shape index (κ3) is 6.17. The molecule has 0 spiro atoms. The fourth-order valence-corrected chi connectivity index (χ4v) is 2.67. The van der Waals surface area contributed by atoms with Crippen LogP contribution >= 0.6 is 0 Å². The average molecular weight is 326 g/mol. The van der Waals surface area contributed by atoms with Crippen LogP contribution in [0.5, 0.6) is 5.75 Å². The van der Waals surface area contributed by atoms with Crippen molar-refractivity contribution in [2.75, 3.05) is 20.5 Å². The summed E-state index contributed by atoms with van der Waals surface area (Å²) in [6.45, 7) is 9.20. The van der Waals surface area contributed by atoms with Gasteiger partial charge in [0.1, 0.15) is 12.5 Å². The van der Waals surface area contributed by atoms with Gasteiger partial charge in [-0.15, -0.1) is 0 Å². The number of hydrogen-bond acceptors (Lipinski definition) is 4. The van der Waals surface area contributed by atoms with E-state index >= 15 is 0 Å². The molecule has 22 heavy (non-hydrogen) atoms. The van der Waals surface area contributed by atoms with E-state index < -0.39 is 20.1 Å². The molecule has 1 aromatic carbocycles. The van der Waals surface area contributed by atoms with Gasteiger partial charge >= 0.3 is 5.97 Å². The minimum Gasteiger partial charge on any atom is -0.497 e. The Morgan fingerprint density at radius 3 is 2.50 bits per heavy atom. The molecule has 6 heteroatoms. The number of ether oxygens (including phenoxy) is 3. The highest BCUT2D eigenvalue weighted by Gasteiger charge is 2.23. The number of benzene rings is 1. The first-order valence-corrected chi connectivity index (χ1v) is 11.0. The molecule has 1 N–H and O–H groups in total. The third-order valence-corrected chi connectivity index (χ3v) is 5.00. The zero-order valence-electron chi connectivity index (χ0n) is 14.0. The summed E-state index contributed by atoms with van der Waals surface area (Å²) >= 11 is 0. The van der Waals surface area contributed by atoms with Gasteiger partial charge in [-0.25, -0.2) is 4.79 Å². The lowest BCUT2D eigenvalue weighted by atomic mass is 10.0. The summed E-state index contributed by atoms with van der Waals surface area (Å²) in [4.78, 5) is 11.4. The van der Waals surface area contributed by atoms with Gasteiger partial charge in [0.05, 0.1) is 7.11 Å². The van der Waals surface area contributed by atoms with Crippen LogP contribution < -0.4 is 4.74 Å². The van der Waals surface area contributed by atoms with Gasteiger partial charge in [-0.1, -0.05) is 25.7 Å². The van der Waals surface area contributed by atoms with Crippen molar-refractivity contribution in [2.45, 2.75) is 38.7 Å². The Morgan fingerprint density at radius 2 is 2.00 bits per heavy atom. The first-order chi connectivity index (χ1) is 10.2. The Kier molecular flexibility index (Phi) is 7.05. The van der Waals surface area contributed by atoms with E-state index in [0.29, 0.717) is 17.9 Å². The van der Waals surface area contributed by atoms with Crippen LogP contribution in [0, 0.1) is 6.92 Å². The standard InChI is InChI=1S/C16H26O5Si/c1-12-10-13(19-2)6-7-14(12)15(16(17)18)21-11-20-8-9-22(3,4)5/h6-7,10,15H,8-9,11H2,1-5H3,(H,17,18)/t15-/m1/s1. The second kappa shape index (κ2) is 8.31. The Hall–Kier alpha value is -1.37. The third-order valence-electron chi connectivity index (χ3n) is 3.30. The summed E-state index contributed by atoms with van der Waals surface area (Å²) in [5.41, 5.74) is 1.43. The van der Waals surface area contributed by atoms with E-state index in [0.717, 1.165) is 11.6 Å². The minimum absolute atomic E-state index is 0.0209. The number of methoxy groups -OCH3 is 1. The lowest BCUT2D eigenvalue weighted by Crippen LogP contribution is -2.23. The molecule has 0 heterocycles. The Balaban J connectivity index is 2.61. The molecule has 0 aliphatic rings. The van der Waals surface area contributed by atoms with Crippen LogP contribution in [0.4, 0.5) is 0 Å². The SMILES string of the molecule is COc1ccc([C@@H](OCOCC[Si](C)(C)C)C(=O)O)c(C)c1. The smallest absolute Gasteiger partial charge is 0.337 e. The molecule has 1 atom stereocenters. The van der Waals surface area contributed by atoms with Crippen LogP contribution in [0.15, 0.2) is 18.2 Å². The summed E-state index contributed by atoms with van der Waals surface area (Å²) in [5, 5.41) is 9.36. The topological polar surface area (TPSA) is 65.0 Å². The van der Waals surface area contributed by atoms with Gasteiger partial charge in [-0.05, 0) is 36.2 Å². The van der Waals surface area contributed by atoms with Crippen molar-refractivity contribution in [3.63, 3.8) is 0 Å². The van der Waals surface area contributed by atoms with Gasteiger partial charge in [0.25, 0.3) is 0 Å². The first-order valence-electron chi connectivity index (χ1n) is 7.31. The molecule has 124 valence electrons. The second-order valence-electron chi connectivity index (χ2n) is 6.44. The Labute approximate surface area is 133 Å². The highest BCUT2D eigenvalue weighted by Crippen LogP contribution is 2.25. The summed E-state index contributed by atoms with van der Waals surface area (Å²) in [7, 11) is 0.425. The molecule has 0 aliphatic carbocycles. The molecule has 0 amide bonds. The van der Waals surface area contributed by atoms with E-state index in [9.17, 15) is 9.90 Å². The van der Waals surface area contributed by atoms with E-state index in [4.69, 9.17) is 14.2 Å². The molecule has 0 fully saturated rings. The number of hydrogen-bond donors (Lipinski definition) is 1. The van der Waals surface area contributed by atoms with Gasteiger partial charge < -0.3 is 19.3 Å². The number of carboxylic acid groups (broad SMARTS) is 1. The van der Waals surface area contributed by atoms with E-state index in [1.54, 1.807) is 25.3 Å². The average Bonchev–Trinajstić information content (AvgIpc) is 2.42. The van der Waals surface area contributed by atoms with Crippen molar-refractivity contribution < 1.29 is 24.1 Å². The molecule has 5 nitrogen and oxygen atoms in total. The molecular weight excluding hydrogens is 300 g/mol. The quantitative estimate of drug-likeness (QED) is 0.428. The second-order valence-corrected chi connectivity index (χ2v) is 12.1. The molecule has 0 aliphatic heterocycles. The van der Waals surface area contributed by atoms with Gasteiger partial charge in [-0.2, -0.15) is 0 Å². The van der Waals surface area contributed by atoms with Crippen molar-refractivity contribution in [1.29, 1.82) is 0 Å². The molecule has 0 unspecified atom stereocenters. The van der Waals surface area contributed by atoms with E-state index in [-0.39, 0.29) is 6.79 Å². The number of carbonyl (C=O) groups is 1. The van der Waals surface area contributed by atoms with Crippen molar-refractivity contribution in [3.05, 3.63) is 29.3 Å². The lowest BCUT2D eigenvalue weighted by molar-refractivity contribution is -0.161. The van der Waals surface area contributed by atoms with Crippen LogP contribution in [0.25, 0.3) is 0 Å². The van der Waals surface area contributed by atoms with Gasteiger partial charge in [-0.3, -0.25) is 0 Å². The number of carboxylic acids is 1. The molecule has 0 radical (unpaired) electrons. The van der Waals surface area contributed by atoms with Crippen molar-refractivity contribution in [1.82, 2.24) is 0 Å². The van der Waals surface area contributed by atoms with Gasteiger partial charge in [0.2, 0.25) is 0 Å². The van der Waals surface area contributed by atoms with E-state index in [1.807, 2.05) is 6.92 Å². The summed E-state index contributed by atoms with van der Waals surface area (Å²) in [6, 6.07) is 6.26. The van der Waals surface area contributed by atoms with Crippen LogP contribution in [-0.4, -0.2) is 39.7 Å². The maximum Gasteiger partial charge on any atom is 0.337 e. The first kappa shape index (κ1) is 18.7. The largest absolute Gasteiger partial charge is 0.497 e. The molecule has 0 aromatic heterocycles. The van der Waals surface area contributed by atoms with Crippen LogP contribution in [-0.2, 0) is 14.3 Å². The van der Waals surface area contributed by atoms with Gasteiger partial charge in [0, 0.05) is 14.7 Å². The molecule has 0 saturated carbocycles. The maximum absolute atomic E-state index is 11.4. The highest BCUT2D eigenvalue weighted by molar-refractivity contribution is 6.76. The molecular formula is C16H26O5Si. The number of aliphatic carboxylic acids is 1. The number of aryl methyl sites for hydroxylation is 1. The number of rotatable bonds is 9. The summed E-state index contributed by atoms with van der Waals surface area (Å²) < 4.78 is 16.0. The maximum atomic E-state index is 11.4. The van der Waals surface area contributed by atoms with Crippen LogP contribution in [0.2, 0.25) is 25.7 Å². The predicted octanol–water partition coefficient (Wildman–Crippen LogP) is 3.46. The summed E-state index contributed by atoms with van der Waals surface area (Å²) in [5.74, 6) is -0.334. The Bertz CT molecular complexity index is 496. The van der Waals surface area contributed by atoms with E-state index in [2.05, 4.69) is 19.6 Å². The highest BCUT2D eigenvalue weighted by atomic mass is 28.3.